The van der Waals surface area contributed by atoms with Crippen molar-refractivity contribution in [3.05, 3.63) is 102 Å². The van der Waals surface area contributed by atoms with E-state index in [0.29, 0.717) is 11.6 Å². The number of anilines is 3. The normalized spacial score (nSPS) is 14.8. The standard InChI is InChI=1S/C26H24N6O3S/c1-17-8-10-19(11-9-17)23-16-24(20-6-4-3-5-7-20)32-26(28-23)29-25(30-32)31-36(34,35)22-14-12-21(13-15-22)27-18(2)33/h3-16,24H,1-2H3,(H,27,33)(H2,28,29,30,31). The second kappa shape index (κ2) is 9.31. The molecule has 1 aliphatic rings. The highest BCUT2D eigenvalue weighted by Gasteiger charge is 2.27. The molecule has 0 bridgehead atoms. The lowest BCUT2D eigenvalue weighted by Crippen LogP contribution is -2.20. The summed E-state index contributed by atoms with van der Waals surface area (Å²) in [6.45, 7) is 3.41. The molecule has 182 valence electrons. The first-order valence-electron chi connectivity index (χ1n) is 11.3. The van der Waals surface area contributed by atoms with Crippen LogP contribution in [-0.4, -0.2) is 29.1 Å². The first kappa shape index (κ1) is 23.3. The molecule has 10 heteroatoms. The topological polar surface area (TPSA) is 118 Å². The maximum atomic E-state index is 13.0. The molecule has 9 nitrogen and oxygen atoms in total. The van der Waals surface area contributed by atoms with Gasteiger partial charge < -0.3 is 10.6 Å². The van der Waals surface area contributed by atoms with E-state index in [1.165, 1.54) is 31.2 Å². The number of benzene rings is 3. The van der Waals surface area contributed by atoms with Gasteiger partial charge in [0.15, 0.2) is 0 Å². The van der Waals surface area contributed by atoms with Crippen LogP contribution in [0.2, 0.25) is 0 Å². The van der Waals surface area contributed by atoms with Gasteiger partial charge in [-0.05, 0) is 48.4 Å². The van der Waals surface area contributed by atoms with Crippen LogP contribution in [0.15, 0.2) is 89.8 Å². The fourth-order valence-electron chi connectivity index (χ4n) is 3.93. The molecule has 5 rings (SSSR count). The Morgan fingerprint density at radius 3 is 2.33 bits per heavy atom. The lowest BCUT2D eigenvalue weighted by molar-refractivity contribution is -0.114. The second-order valence-corrected chi connectivity index (χ2v) is 10.1. The van der Waals surface area contributed by atoms with E-state index in [1.54, 1.807) is 4.68 Å². The predicted molar refractivity (Wildman–Crippen MR) is 139 cm³/mol. The third-order valence-electron chi connectivity index (χ3n) is 5.68. The van der Waals surface area contributed by atoms with Crippen LogP contribution >= 0.6 is 0 Å². The maximum absolute atomic E-state index is 13.0. The summed E-state index contributed by atoms with van der Waals surface area (Å²) >= 11 is 0. The molecule has 3 aromatic carbocycles. The smallest absolute Gasteiger partial charge is 0.264 e. The van der Waals surface area contributed by atoms with Crippen molar-refractivity contribution in [1.29, 1.82) is 0 Å². The van der Waals surface area contributed by atoms with Gasteiger partial charge in [-0.3, -0.25) is 4.79 Å². The van der Waals surface area contributed by atoms with E-state index in [4.69, 9.17) is 0 Å². The first-order chi connectivity index (χ1) is 17.3. The molecule has 36 heavy (non-hydrogen) atoms. The van der Waals surface area contributed by atoms with Gasteiger partial charge in [0.2, 0.25) is 11.9 Å². The van der Waals surface area contributed by atoms with Crippen molar-refractivity contribution in [1.82, 2.24) is 14.8 Å². The molecule has 0 radical (unpaired) electrons. The summed E-state index contributed by atoms with van der Waals surface area (Å²) in [5.41, 5.74) is 4.48. The molecule has 1 aliphatic heterocycles. The maximum Gasteiger partial charge on any atom is 0.264 e. The van der Waals surface area contributed by atoms with Gasteiger partial charge in [-0.15, -0.1) is 5.10 Å². The number of aryl methyl sites for hydroxylation is 1. The van der Waals surface area contributed by atoms with Crippen LogP contribution in [0.5, 0.6) is 0 Å². The molecule has 0 aliphatic carbocycles. The van der Waals surface area contributed by atoms with E-state index in [0.717, 1.165) is 22.4 Å². The number of carbonyl (C=O) groups excluding carboxylic acids is 1. The van der Waals surface area contributed by atoms with E-state index in [2.05, 4.69) is 25.4 Å². The summed E-state index contributed by atoms with van der Waals surface area (Å²) in [7, 11) is -3.96. The number of carbonyl (C=O) groups is 1. The molecule has 3 N–H and O–H groups in total. The fourth-order valence-corrected chi connectivity index (χ4v) is 4.86. The third kappa shape index (κ3) is 4.84. The minimum atomic E-state index is -3.96. The molecule has 0 saturated carbocycles. The fraction of sp³-hybridized carbons (Fsp3) is 0.115. The van der Waals surface area contributed by atoms with Gasteiger partial charge in [-0.2, -0.15) is 4.98 Å². The average molecular weight is 501 g/mol. The van der Waals surface area contributed by atoms with Gasteiger partial charge >= 0.3 is 0 Å². The lowest BCUT2D eigenvalue weighted by atomic mass is 10.0. The average Bonchev–Trinajstić information content (AvgIpc) is 3.26. The van der Waals surface area contributed by atoms with Crippen molar-refractivity contribution >= 4 is 39.2 Å². The Kier molecular flexibility index (Phi) is 6.03. The second-order valence-electron chi connectivity index (χ2n) is 8.44. The molecule has 0 saturated heterocycles. The Morgan fingerprint density at radius 2 is 1.67 bits per heavy atom. The summed E-state index contributed by atoms with van der Waals surface area (Å²) < 4.78 is 30.1. The van der Waals surface area contributed by atoms with Crippen molar-refractivity contribution in [3.63, 3.8) is 0 Å². The Hall–Kier alpha value is -4.44. The van der Waals surface area contributed by atoms with Gasteiger partial charge in [0, 0.05) is 18.3 Å². The Labute approximate surface area is 208 Å². The third-order valence-corrected chi connectivity index (χ3v) is 7.02. The SMILES string of the molecule is CC(=O)Nc1ccc(S(=O)(=O)Nc2nc3n(n2)C(c2ccccc2)C=C(c2ccc(C)cc2)N3)cc1. The number of amides is 1. The van der Waals surface area contributed by atoms with Crippen LogP contribution < -0.4 is 15.4 Å². The van der Waals surface area contributed by atoms with Crippen LogP contribution in [0.3, 0.4) is 0 Å². The molecule has 2 heterocycles. The number of rotatable bonds is 6. The van der Waals surface area contributed by atoms with E-state index in [9.17, 15) is 13.2 Å². The van der Waals surface area contributed by atoms with Crippen LogP contribution in [0.25, 0.3) is 5.70 Å². The van der Waals surface area contributed by atoms with Crippen molar-refractivity contribution in [2.75, 3.05) is 15.4 Å². The van der Waals surface area contributed by atoms with Crippen molar-refractivity contribution in [2.24, 2.45) is 0 Å². The van der Waals surface area contributed by atoms with E-state index in [-0.39, 0.29) is 22.8 Å². The Morgan fingerprint density at radius 1 is 0.972 bits per heavy atom. The zero-order valence-corrected chi connectivity index (χ0v) is 20.5. The van der Waals surface area contributed by atoms with Crippen molar-refractivity contribution < 1.29 is 13.2 Å². The summed E-state index contributed by atoms with van der Waals surface area (Å²) in [5, 5.41) is 10.4. The molecule has 1 amide bonds. The van der Waals surface area contributed by atoms with Crippen molar-refractivity contribution in [3.8, 4) is 0 Å². The van der Waals surface area contributed by atoms with Crippen LogP contribution in [0, 0.1) is 6.92 Å². The largest absolute Gasteiger partial charge is 0.326 e. The molecule has 0 spiro atoms. The van der Waals surface area contributed by atoms with E-state index < -0.39 is 10.0 Å². The zero-order valence-electron chi connectivity index (χ0n) is 19.6. The highest BCUT2D eigenvalue weighted by atomic mass is 32.2. The first-order valence-corrected chi connectivity index (χ1v) is 12.7. The molecule has 4 aromatic rings. The summed E-state index contributed by atoms with van der Waals surface area (Å²) in [6, 6.07) is 23.5. The monoisotopic (exact) mass is 500 g/mol. The van der Waals surface area contributed by atoms with Gasteiger partial charge in [-0.25, -0.2) is 17.8 Å². The number of allylic oxidation sites excluding steroid dienone is 1. The number of hydrogen-bond donors (Lipinski definition) is 3. The quantitative estimate of drug-likeness (QED) is 0.361. The minimum absolute atomic E-state index is 0.0235. The molecule has 1 unspecified atom stereocenters. The number of fused-ring (bicyclic) bond motifs is 1. The van der Waals surface area contributed by atoms with E-state index in [1.807, 2.05) is 67.6 Å². The van der Waals surface area contributed by atoms with Crippen LogP contribution in [0.1, 0.15) is 29.7 Å². The van der Waals surface area contributed by atoms with Gasteiger partial charge in [-0.1, -0.05) is 60.2 Å². The molecule has 1 aromatic heterocycles. The number of sulfonamides is 1. The number of aromatic nitrogens is 3. The predicted octanol–water partition coefficient (Wildman–Crippen LogP) is 4.40. The highest BCUT2D eigenvalue weighted by molar-refractivity contribution is 7.92. The van der Waals surface area contributed by atoms with E-state index >= 15 is 0 Å². The molecule has 1 atom stereocenters. The molecular weight excluding hydrogens is 476 g/mol. The lowest BCUT2D eigenvalue weighted by Gasteiger charge is -2.24. The zero-order chi connectivity index (χ0) is 25.3. The molecule has 0 fully saturated rings. The summed E-state index contributed by atoms with van der Waals surface area (Å²) in [5.74, 6) is 0.124. The summed E-state index contributed by atoms with van der Waals surface area (Å²) in [6.07, 6.45) is 2.04. The van der Waals surface area contributed by atoms with Crippen molar-refractivity contribution in [2.45, 2.75) is 24.8 Å². The number of hydrogen-bond acceptors (Lipinski definition) is 6. The van der Waals surface area contributed by atoms with Crippen LogP contribution in [-0.2, 0) is 14.8 Å². The Balaban J connectivity index is 1.46. The number of nitrogens with one attached hydrogen (secondary N) is 3. The van der Waals surface area contributed by atoms with Gasteiger partial charge in [0.1, 0.15) is 6.04 Å². The Bertz CT molecular complexity index is 1540. The van der Waals surface area contributed by atoms with Gasteiger partial charge in [0.25, 0.3) is 16.0 Å². The molecular formula is C26H24N6O3S. The van der Waals surface area contributed by atoms with Crippen LogP contribution in [0.4, 0.5) is 17.6 Å². The summed E-state index contributed by atoms with van der Waals surface area (Å²) in [4.78, 5) is 15.7. The number of nitrogens with zero attached hydrogens (tertiary/aromatic N) is 3. The minimum Gasteiger partial charge on any atom is -0.326 e. The van der Waals surface area contributed by atoms with Gasteiger partial charge in [0.05, 0.1) is 4.90 Å². The highest BCUT2D eigenvalue weighted by Crippen LogP contribution is 2.33.